The van der Waals surface area contributed by atoms with E-state index in [4.69, 9.17) is 15.0 Å². The van der Waals surface area contributed by atoms with Gasteiger partial charge in [-0.05, 0) is 63.1 Å². The van der Waals surface area contributed by atoms with Crippen LogP contribution in [0, 0.1) is 6.07 Å². The second kappa shape index (κ2) is 12.6. The molecule has 0 N–H and O–H groups in total. The molecule has 49 heavy (non-hydrogen) atoms. The second-order valence-electron chi connectivity index (χ2n) is 16.0. The van der Waals surface area contributed by atoms with Crippen molar-refractivity contribution in [1.29, 1.82) is 0 Å². The Labute approximate surface area is 305 Å². The maximum atomic E-state index is 5.40. The minimum atomic E-state index is -0.103. The van der Waals surface area contributed by atoms with Crippen molar-refractivity contribution in [3.05, 3.63) is 126 Å². The predicted octanol–water partition coefficient (Wildman–Crippen LogP) is 11.2. The molecule has 3 aromatic heterocycles. The van der Waals surface area contributed by atoms with E-state index in [0.717, 1.165) is 67.2 Å². The number of para-hydroxylation sites is 3. The molecule has 0 aliphatic carbocycles. The zero-order chi connectivity index (χ0) is 34.0. The Balaban J connectivity index is 0.00000417. The maximum Gasteiger partial charge on any atom is 2.00 e. The summed E-state index contributed by atoms with van der Waals surface area (Å²) in [6.45, 7) is 20.2. The van der Waals surface area contributed by atoms with Gasteiger partial charge in [0.05, 0.1) is 22.4 Å². The smallest absolute Gasteiger partial charge is 0.660 e. The number of aromatic nitrogens is 4. The molecule has 0 spiro atoms. The van der Waals surface area contributed by atoms with Crippen molar-refractivity contribution in [3.8, 4) is 39.6 Å². The number of hydrogen-bond acceptors (Lipinski definition) is 2. The first-order valence-electron chi connectivity index (χ1n) is 16.9. The van der Waals surface area contributed by atoms with E-state index < -0.39 is 0 Å². The van der Waals surface area contributed by atoms with Crippen molar-refractivity contribution < 1.29 is 21.1 Å². The number of imidazole rings is 1. The summed E-state index contributed by atoms with van der Waals surface area (Å²) in [5, 5.41) is 1.11. The quantitative estimate of drug-likeness (QED) is 0.166. The van der Waals surface area contributed by atoms with Crippen LogP contribution < -0.4 is 4.98 Å². The van der Waals surface area contributed by atoms with Crippen LogP contribution in [-0.4, -0.2) is 14.5 Å². The number of fused-ring (bicyclic) bond motifs is 2. The van der Waals surface area contributed by atoms with Gasteiger partial charge in [0.15, 0.2) is 0 Å². The Morgan fingerprint density at radius 2 is 1.27 bits per heavy atom. The van der Waals surface area contributed by atoms with Crippen molar-refractivity contribution >= 4 is 21.9 Å². The molecule has 0 radical (unpaired) electrons. The fourth-order valence-electron chi connectivity index (χ4n) is 6.25. The SMILES string of the molecule is CC(C)(C)c1cc(-c2ccc3cc(C(C)(C)C)cc(-c4ccc(C(C)(C)C)[n-]4)c3n2)[c-]c(-c2nc3ccccc3n2-c2ccccc2)c1.[Pt+2]. The topological polar surface area (TPSA) is 44.8 Å². The van der Waals surface area contributed by atoms with Crippen molar-refractivity contribution in [3.63, 3.8) is 0 Å². The Hall–Kier alpha value is -4.27. The van der Waals surface area contributed by atoms with Crippen molar-refractivity contribution in [2.75, 3.05) is 0 Å². The van der Waals surface area contributed by atoms with Gasteiger partial charge in [-0.3, -0.25) is 9.97 Å². The van der Waals surface area contributed by atoms with E-state index >= 15 is 0 Å². The minimum absolute atomic E-state index is 0. The standard InChI is InChI=1S/C44H44N4.Pt/c1-42(2,3)31-25-29(23-30(26-31)41-47-37-17-13-14-18-38(37)48(41)33-15-11-10-12-16-33)35-20-19-28-24-32(43(4,5)6)27-34(40(28)46-35)36-21-22-39(45-36)44(7,8)9;/h10-22,24-27H,1-9H3;/q-2;+2. The van der Waals surface area contributed by atoms with E-state index in [2.05, 4.69) is 164 Å². The van der Waals surface area contributed by atoms with Gasteiger partial charge in [-0.15, -0.1) is 29.5 Å². The Morgan fingerprint density at radius 1 is 0.612 bits per heavy atom. The molecule has 0 aliphatic heterocycles. The van der Waals surface area contributed by atoms with Crippen LogP contribution in [0.3, 0.4) is 0 Å². The van der Waals surface area contributed by atoms with E-state index in [0.29, 0.717) is 0 Å². The Kier molecular flexibility index (Phi) is 8.86. The zero-order valence-corrected chi connectivity index (χ0v) is 32.2. The van der Waals surface area contributed by atoms with Gasteiger partial charge >= 0.3 is 21.1 Å². The zero-order valence-electron chi connectivity index (χ0n) is 29.9. The normalized spacial score (nSPS) is 12.4. The number of pyridine rings is 1. The van der Waals surface area contributed by atoms with Crippen LogP contribution in [0.25, 0.3) is 61.5 Å². The maximum absolute atomic E-state index is 5.40. The molecule has 3 heterocycles. The predicted molar refractivity (Wildman–Crippen MR) is 201 cm³/mol. The van der Waals surface area contributed by atoms with E-state index in [9.17, 15) is 0 Å². The van der Waals surface area contributed by atoms with Crippen molar-refractivity contribution in [1.82, 2.24) is 19.5 Å². The molecular weight excluding hydrogens is 780 g/mol. The molecule has 0 fully saturated rings. The van der Waals surface area contributed by atoms with Gasteiger partial charge in [0, 0.05) is 11.4 Å². The van der Waals surface area contributed by atoms with Crippen molar-refractivity contribution in [2.24, 2.45) is 0 Å². The summed E-state index contributed by atoms with van der Waals surface area (Å²) in [4.78, 5) is 15.7. The fraction of sp³-hybridized carbons (Fsp3) is 0.273. The van der Waals surface area contributed by atoms with Crippen LogP contribution in [0.2, 0.25) is 0 Å². The van der Waals surface area contributed by atoms with Crippen LogP contribution in [-0.2, 0) is 37.3 Å². The molecule has 0 saturated heterocycles. The fourth-order valence-corrected chi connectivity index (χ4v) is 6.25. The third kappa shape index (κ3) is 6.68. The van der Waals surface area contributed by atoms with Gasteiger partial charge in [0.1, 0.15) is 0 Å². The molecule has 0 aliphatic rings. The summed E-state index contributed by atoms with van der Waals surface area (Å²) in [5.41, 5.74) is 12.2. The van der Waals surface area contributed by atoms with Gasteiger partial charge in [0.2, 0.25) is 0 Å². The molecule has 0 amide bonds. The summed E-state index contributed by atoms with van der Waals surface area (Å²) in [7, 11) is 0. The minimum Gasteiger partial charge on any atom is -0.660 e. The third-order valence-electron chi connectivity index (χ3n) is 9.17. The van der Waals surface area contributed by atoms with Crippen LogP contribution in [0.1, 0.15) is 79.1 Å². The molecule has 0 atom stereocenters. The molecule has 5 heteroatoms. The van der Waals surface area contributed by atoms with Gasteiger partial charge in [-0.25, -0.2) is 0 Å². The summed E-state index contributed by atoms with van der Waals surface area (Å²) in [6.07, 6.45) is 0. The van der Waals surface area contributed by atoms with Crippen LogP contribution >= 0.6 is 0 Å². The van der Waals surface area contributed by atoms with E-state index in [1.165, 1.54) is 11.1 Å². The first kappa shape index (κ1) is 34.6. The summed E-state index contributed by atoms with van der Waals surface area (Å²) < 4.78 is 2.24. The molecule has 4 aromatic carbocycles. The molecule has 7 aromatic rings. The monoisotopic (exact) mass is 823 g/mol. The Morgan fingerprint density at radius 3 is 1.94 bits per heavy atom. The first-order valence-corrected chi connectivity index (χ1v) is 16.9. The number of rotatable bonds is 4. The van der Waals surface area contributed by atoms with Gasteiger partial charge in [-0.2, -0.15) is 5.69 Å². The van der Waals surface area contributed by atoms with Gasteiger partial charge in [0.25, 0.3) is 0 Å². The van der Waals surface area contributed by atoms with E-state index in [1.807, 2.05) is 12.1 Å². The molecule has 0 bridgehead atoms. The molecule has 0 saturated carbocycles. The van der Waals surface area contributed by atoms with Gasteiger partial charge in [-0.1, -0.05) is 134 Å². The largest absolute Gasteiger partial charge is 2.00 e. The average Bonchev–Trinajstić information content (AvgIpc) is 3.70. The first-order chi connectivity index (χ1) is 22.7. The second-order valence-corrected chi connectivity index (χ2v) is 16.0. The summed E-state index contributed by atoms with van der Waals surface area (Å²) in [5.74, 6) is 0.863. The Bertz CT molecular complexity index is 2290. The van der Waals surface area contributed by atoms with Crippen LogP contribution in [0.5, 0.6) is 0 Å². The van der Waals surface area contributed by atoms with Gasteiger partial charge < -0.3 is 9.55 Å². The van der Waals surface area contributed by atoms with Crippen molar-refractivity contribution in [2.45, 2.75) is 78.6 Å². The van der Waals surface area contributed by atoms with Crippen LogP contribution in [0.15, 0.2) is 103 Å². The number of nitrogens with zero attached hydrogens (tertiary/aromatic N) is 4. The molecule has 0 unspecified atom stereocenters. The molecule has 250 valence electrons. The molecule has 7 rings (SSSR count). The number of hydrogen-bond donors (Lipinski definition) is 0. The summed E-state index contributed by atoms with van der Waals surface area (Å²) >= 11 is 0. The molecular formula is C44H44N4Pt. The third-order valence-corrected chi connectivity index (χ3v) is 9.17. The molecule has 4 nitrogen and oxygen atoms in total. The number of benzene rings is 4. The average molecular weight is 824 g/mol. The van der Waals surface area contributed by atoms with E-state index in [-0.39, 0.29) is 37.3 Å². The van der Waals surface area contributed by atoms with Crippen LogP contribution in [0.4, 0.5) is 0 Å². The van der Waals surface area contributed by atoms with E-state index in [1.54, 1.807) is 0 Å². The summed E-state index contributed by atoms with van der Waals surface area (Å²) in [6, 6.07) is 40.3.